The third-order valence-corrected chi connectivity index (χ3v) is 3.19. The van der Waals surface area contributed by atoms with Crippen LogP contribution in [-0.2, 0) is 0 Å². The molecule has 3 aromatic carbocycles. The summed E-state index contributed by atoms with van der Waals surface area (Å²) in [5.41, 5.74) is 0. The van der Waals surface area contributed by atoms with Crippen molar-refractivity contribution in [2.75, 3.05) is 0 Å². The molecule has 0 saturated heterocycles. The van der Waals surface area contributed by atoms with Gasteiger partial charge in [0.15, 0.2) is 0 Å². The molecule has 14 heavy (non-hydrogen) atoms. The predicted octanol–water partition coefficient (Wildman–Crippen LogP) is 0.510. The van der Waals surface area contributed by atoms with E-state index in [0.717, 1.165) is 20.9 Å². The Morgan fingerprint density at radius 2 is 0.929 bits per heavy atom. The van der Waals surface area contributed by atoms with Gasteiger partial charge in [-0.3, -0.25) is 0 Å². The van der Waals surface area contributed by atoms with Crippen molar-refractivity contribution in [2.45, 2.75) is 0 Å². The molecule has 0 bridgehead atoms. The Balaban J connectivity index is 2.80. The highest BCUT2D eigenvalue weighted by Crippen LogP contribution is 2.17. The van der Waals surface area contributed by atoms with Gasteiger partial charge in [-0.2, -0.15) is 0 Å². The second-order valence-electron chi connectivity index (χ2n) is 3.82. The molecule has 0 spiro atoms. The average molecular weight is 178 g/mol. The molecule has 0 aliphatic carbocycles. The Bertz CT molecular complexity index is 752. The molecule has 0 saturated carbocycles. The highest BCUT2D eigenvalue weighted by atomic mass is 14.1. The second kappa shape index (κ2) is 1.98. The van der Waals surface area contributed by atoms with Crippen molar-refractivity contribution in [1.29, 1.82) is 0 Å². The van der Waals surface area contributed by atoms with Gasteiger partial charge in [-0.05, 0) is 42.4 Å². The first-order chi connectivity index (χ1) is 6.63. The summed E-state index contributed by atoms with van der Waals surface area (Å²) in [7, 11) is 0. The van der Waals surface area contributed by atoms with Crippen LogP contribution in [0.2, 0.25) is 0 Å². The Kier molecular flexibility index (Phi) is 1.07. The zero-order chi connectivity index (χ0) is 10.0. The summed E-state index contributed by atoms with van der Waals surface area (Å²) in [4.78, 5) is 0. The van der Waals surface area contributed by atoms with Crippen LogP contribution in [0.3, 0.4) is 0 Å². The first kappa shape index (κ1) is 7.57. The van der Waals surface area contributed by atoms with Crippen LogP contribution in [0, 0.1) is 0 Å². The van der Waals surface area contributed by atoms with Gasteiger partial charge in [0.1, 0.15) is 0 Å². The summed E-state index contributed by atoms with van der Waals surface area (Å²) >= 11 is 0. The molecule has 0 aliphatic rings. The van der Waals surface area contributed by atoms with Crippen molar-refractivity contribution >= 4 is 47.9 Å². The lowest BCUT2D eigenvalue weighted by Crippen LogP contribution is -2.37. The summed E-state index contributed by atoms with van der Waals surface area (Å²) in [6.07, 6.45) is 0. The van der Waals surface area contributed by atoms with Crippen LogP contribution in [0.1, 0.15) is 0 Å². The zero-order valence-corrected chi connectivity index (χ0v) is 7.98. The van der Waals surface area contributed by atoms with Gasteiger partial charge in [-0.25, -0.2) is 0 Å². The Labute approximate surface area is 81.5 Å². The number of fused-ring (bicyclic) bond motifs is 3. The normalized spacial score (nSPS) is 12.0. The maximum Gasteiger partial charge on any atom is -0.00205 e. The highest BCUT2D eigenvalue weighted by molar-refractivity contribution is 6.13. The summed E-state index contributed by atoms with van der Waals surface area (Å²) in [5.74, 6) is 0. The van der Waals surface area contributed by atoms with Gasteiger partial charge >= 0.3 is 0 Å². The lowest BCUT2D eigenvalue weighted by atomic mass is 9.89. The molecule has 0 aromatic heterocycles. The van der Waals surface area contributed by atoms with E-state index in [1.54, 1.807) is 0 Å². The number of rotatable bonds is 0. The average Bonchev–Trinajstić information content (AvgIpc) is 2.24. The smallest absolute Gasteiger partial charge is 0.00205 e. The molecular formula is C14H10. The molecule has 66 valence electrons. The SMILES string of the molecule is C=c1c(=C)c2c1ccc1c(=C)c(=C)c12. The molecule has 0 fully saturated rings. The van der Waals surface area contributed by atoms with Crippen molar-refractivity contribution in [2.24, 2.45) is 0 Å². The summed E-state index contributed by atoms with van der Waals surface area (Å²) in [6, 6.07) is 4.20. The van der Waals surface area contributed by atoms with Crippen molar-refractivity contribution in [3.8, 4) is 0 Å². The third-order valence-electron chi connectivity index (χ3n) is 3.19. The molecule has 0 amide bonds. The quantitative estimate of drug-likeness (QED) is 0.470. The molecule has 0 atom stereocenters. The molecule has 3 aromatic rings. The lowest BCUT2D eigenvalue weighted by molar-refractivity contribution is 1.58. The van der Waals surface area contributed by atoms with Crippen LogP contribution in [-0.4, -0.2) is 0 Å². The second-order valence-corrected chi connectivity index (χ2v) is 3.82. The van der Waals surface area contributed by atoms with Crippen LogP contribution >= 0.6 is 0 Å². The predicted molar refractivity (Wildman–Crippen MR) is 64.4 cm³/mol. The van der Waals surface area contributed by atoms with E-state index in [4.69, 9.17) is 0 Å². The maximum absolute atomic E-state index is 4.01. The Morgan fingerprint density at radius 1 is 0.571 bits per heavy atom. The molecule has 0 N–H and O–H groups in total. The fourth-order valence-corrected chi connectivity index (χ4v) is 2.23. The molecule has 0 heterocycles. The minimum absolute atomic E-state index is 1.06. The van der Waals surface area contributed by atoms with Gasteiger partial charge in [-0.1, -0.05) is 38.4 Å². The van der Waals surface area contributed by atoms with Crippen LogP contribution in [0.25, 0.3) is 47.9 Å². The lowest BCUT2D eigenvalue weighted by Gasteiger charge is -2.13. The van der Waals surface area contributed by atoms with Crippen molar-refractivity contribution in [1.82, 2.24) is 0 Å². The maximum atomic E-state index is 4.01. The van der Waals surface area contributed by atoms with E-state index in [9.17, 15) is 0 Å². The van der Waals surface area contributed by atoms with Gasteiger partial charge in [-0.15, -0.1) is 0 Å². The van der Waals surface area contributed by atoms with Crippen LogP contribution in [0.5, 0.6) is 0 Å². The van der Waals surface area contributed by atoms with Gasteiger partial charge in [0.25, 0.3) is 0 Å². The van der Waals surface area contributed by atoms with E-state index >= 15 is 0 Å². The first-order valence-electron chi connectivity index (χ1n) is 4.57. The topological polar surface area (TPSA) is 0 Å². The molecule has 3 rings (SSSR count). The van der Waals surface area contributed by atoms with E-state index < -0.39 is 0 Å². The van der Waals surface area contributed by atoms with Crippen LogP contribution in [0.4, 0.5) is 0 Å². The number of hydrogen-bond acceptors (Lipinski definition) is 0. The molecule has 0 aliphatic heterocycles. The molecule has 0 unspecified atom stereocenters. The van der Waals surface area contributed by atoms with Crippen LogP contribution in [0.15, 0.2) is 12.1 Å². The number of benzene rings is 1. The molecular weight excluding hydrogens is 168 g/mol. The Hall–Kier alpha value is -1.82. The standard InChI is InChI=1S/C14H10/c1-7-9(3)13-11(7)5-6-12-8(2)10(4)14(12)13/h5-6H,1-4H2. The van der Waals surface area contributed by atoms with E-state index in [1.165, 1.54) is 21.5 Å². The van der Waals surface area contributed by atoms with E-state index in [2.05, 4.69) is 38.4 Å². The van der Waals surface area contributed by atoms with Crippen molar-refractivity contribution in [3.63, 3.8) is 0 Å². The van der Waals surface area contributed by atoms with Gasteiger partial charge in [0, 0.05) is 0 Å². The van der Waals surface area contributed by atoms with E-state index in [0.29, 0.717) is 0 Å². The molecule has 0 radical (unpaired) electrons. The summed E-state index contributed by atoms with van der Waals surface area (Å²) < 4.78 is 0. The highest BCUT2D eigenvalue weighted by Gasteiger charge is 2.11. The zero-order valence-electron chi connectivity index (χ0n) is 7.98. The van der Waals surface area contributed by atoms with Crippen molar-refractivity contribution < 1.29 is 0 Å². The number of hydrogen-bond donors (Lipinski definition) is 0. The van der Waals surface area contributed by atoms with Crippen molar-refractivity contribution in [3.05, 3.63) is 33.0 Å². The minimum Gasteiger partial charge on any atom is -0.0905 e. The third kappa shape index (κ3) is 0.559. The molecule has 0 nitrogen and oxygen atoms in total. The van der Waals surface area contributed by atoms with E-state index in [-0.39, 0.29) is 0 Å². The van der Waals surface area contributed by atoms with E-state index in [1.807, 2.05) is 0 Å². The van der Waals surface area contributed by atoms with Gasteiger partial charge in [0.2, 0.25) is 0 Å². The molecule has 0 heteroatoms. The summed E-state index contributed by atoms with van der Waals surface area (Å²) in [6.45, 7) is 16.0. The van der Waals surface area contributed by atoms with Gasteiger partial charge < -0.3 is 0 Å². The first-order valence-corrected chi connectivity index (χ1v) is 4.57. The largest absolute Gasteiger partial charge is 0.0905 e. The summed E-state index contributed by atoms with van der Waals surface area (Å²) in [5, 5.41) is 9.18. The Morgan fingerprint density at radius 3 is 1.29 bits per heavy atom. The monoisotopic (exact) mass is 178 g/mol. The fourth-order valence-electron chi connectivity index (χ4n) is 2.23. The van der Waals surface area contributed by atoms with Gasteiger partial charge in [0.05, 0.1) is 0 Å². The minimum atomic E-state index is 1.06. The fraction of sp³-hybridized carbons (Fsp3) is 0. The van der Waals surface area contributed by atoms with Crippen LogP contribution < -0.4 is 20.9 Å².